The van der Waals surface area contributed by atoms with Crippen molar-refractivity contribution in [2.75, 3.05) is 32.7 Å². The van der Waals surface area contributed by atoms with E-state index in [1.165, 1.54) is 24.0 Å². The summed E-state index contributed by atoms with van der Waals surface area (Å²) < 4.78 is 0. The van der Waals surface area contributed by atoms with E-state index >= 15 is 0 Å². The Balaban J connectivity index is 1.44. The van der Waals surface area contributed by atoms with Crippen LogP contribution in [0.3, 0.4) is 0 Å². The first kappa shape index (κ1) is 20.4. The molecule has 1 aromatic carbocycles. The number of likely N-dealkylation sites (tertiary alicyclic amines) is 2. The zero-order chi connectivity index (χ0) is 19.4. The highest BCUT2D eigenvalue weighted by Gasteiger charge is 2.27. The smallest absolute Gasteiger partial charge is 0.236 e. The average Bonchev–Trinajstić information content (AvgIpc) is 2.68. The van der Waals surface area contributed by atoms with Gasteiger partial charge in [-0.3, -0.25) is 9.69 Å². The first-order valence-electron chi connectivity index (χ1n) is 11.0. The lowest BCUT2D eigenvalue weighted by molar-refractivity contribution is -0.133. The number of rotatable bonds is 5. The predicted molar refractivity (Wildman–Crippen MR) is 113 cm³/mol. The van der Waals surface area contributed by atoms with Crippen molar-refractivity contribution in [3.05, 3.63) is 35.4 Å². The van der Waals surface area contributed by atoms with Crippen LogP contribution in [-0.2, 0) is 4.79 Å². The normalized spacial score (nSPS) is 20.6. The summed E-state index contributed by atoms with van der Waals surface area (Å²) in [6.07, 6.45) is 4.70. The summed E-state index contributed by atoms with van der Waals surface area (Å²) in [5.41, 5.74) is 2.86. The predicted octanol–water partition coefficient (Wildman–Crippen LogP) is 4.88. The van der Waals surface area contributed by atoms with Crippen LogP contribution in [0, 0.1) is 11.8 Å². The van der Waals surface area contributed by atoms with Gasteiger partial charge in [-0.15, -0.1) is 0 Å². The molecule has 3 nitrogen and oxygen atoms in total. The number of benzene rings is 1. The molecule has 0 spiro atoms. The van der Waals surface area contributed by atoms with E-state index in [4.69, 9.17) is 0 Å². The Morgan fingerprint density at radius 2 is 1.52 bits per heavy atom. The fourth-order valence-corrected chi connectivity index (χ4v) is 4.68. The van der Waals surface area contributed by atoms with E-state index in [9.17, 15) is 4.79 Å². The molecule has 0 bridgehead atoms. The van der Waals surface area contributed by atoms with Crippen LogP contribution in [0.25, 0.3) is 0 Å². The Hall–Kier alpha value is -1.35. The van der Waals surface area contributed by atoms with Gasteiger partial charge >= 0.3 is 0 Å². The van der Waals surface area contributed by atoms with Gasteiger partial charge in [0, 0.05) is 13.1 Å². The van der Waals surface area contributed by atoms with Gasteiger partial charge in [0.1, 0.15) is 0 Å². The van der Waals surface area contributed by atoms with E-state index in [1.54, 1.807) is 0 Å². The number of hydrogen-bond acceptors (Lipinski definition) is 2. The third kappa shape index (κ3) is 5.34. The molecule has 150 valence electrons. The standard InChI is InChI=1S/C24H38N2O/c1-18(2)20-5-7-22(8-6-20)23-11-15-26(16-12-23)24(27)17-25-13-9-21(10-14-25)19(3)4/h5-8,18-19,21,23H,9-17H2,1-4H3. The molecule has 0 aliphatic carbocycles. The molecule has 2 fully saturated rings. The molecule has 2 saturated heterocycles. The van der Waals surface area contributed by atoms with Gasteiger partial charge in [0.15, 0.2) is 0 Å². The highest BCUT2D eigenvalue weighted by Crippen LogP contribution is 2.29. The van der Waals surface area contributed by atoms with Gasteiger partial charge in [-0.1, -0.05) is 52.0 Å². The van der Waals surface area contributed by atoms with Crippen LogP contribution in [-0.4, -0.2) is 48.4 Å². The van der Waals surface area contributed by atoms with Crippen LogP contribution in [0.5, 0.6) is 0 Å². The summed E-state index contributed by atoms with van der Waals surface area (Å²) in [4.78, 5) is 17.2. The van der Waals surface area contributed by atoms with Gasteiger partial charge in [-0.25, -0.2) is 0 Å². The van der Waals surface area contributed by atoms with E-state index < -0.39 is 0 Å². The molecule has 0 aromatic heterocycles. The Kier molecular flexibility index (Phi) is 6.97. The minimum absolute atomic E-state index is 0.339. The van der Waals surface area contributed by atoms with Crippen molar-refractivity contribution in [2.24, 2.45) is 11.8 Å². The highest BCUT2D eigenvalue weighted by molar-refractivity contribution is 5.78. The van der Waals surface area contributed by atoms with Crippen LogP contribution in [0.15, 0.2) is 24.3 Å². The van der Waals surface area contributed by atoms with E-state index in [2.05, 4.69) is 61.8 Å². The molecule has 1 amide bonds. The second-order valence-corrected chi connectivity index (χ2v) is 9.33. The summed E-state index contributed by atoms with van der Waals surface area (Å²) in [5, 5.41) is 0. The molecular formula is C24H38N2O. The lowest BCUT2D eigenvalue weighted by Gasteiger charge is -2.36. The Morgan fingerprint density at radius 1 is 0.926 bits per heavy atom. The minimum Gasteiger partial charge on any atom is -0.342 e. The van der Waals surface area contributed by atoms with Crippen LogP contribution in [0.1, 0.15) is 76.3 Å². The lowest BCUT2D eigenvalue weighted by atomic mass is 9.86. The Morgan fingerprint density at radius 3 is 2.04 bits per heavy atom. The number of piperidine rings is 2. The second kappa shape index (κ2) is 9.23. The van der Waals surface area contributed by atoms with Crippen LogP contribution in [0.4, 0.5) is 0 Å². The van der Waals surface area contributed by atoms with Crippen molar-refractivity contribution < 1.29 is 4.79 Å². The number of carbonyl (C=O) groups excluding carboxylic acids is 1. The van der Waals surface area contributed by atoms with E-state index in [0.717, 1.165) is 50.9 Å². The molecule has 2 aliphatic rings. The average molecular weight is 371 g/mol. The highest BCUT2D eigenvalue weighted by atomic mass is 16.2. The van der Waals surface area contributed by atoms with Crippen molar-refractivity contribution in [3.63, 3.8) is 0 Å². The van der Waals surface area contributed by atoms with E-state index in [1.807, 2.05) is 0 Å². The number of amides is 1. The van der Waals surface area contributed by atoms with Crippen molar-refractivity contribution >= 4 is 5.91 Å². The van der Waals surface area contributed by atoms with E-state index in [0.29, 0.717) is 24.3 Å². The quantitative estimate of drug-likeness (QED) is 0.737. The number of carbonyl (C=O) groups is 1. The SMILES string of the molecule is CC(C)c1ccc(C2CCN(C(=O)CN3CCC(C(C)C)CC3)CC2)cc1. The molecule has 2 heterocycles. The maximum Gasteiger partial charge on any atom is 0.236 e. The summed E-state index contributed by atoms with van der Waals surface area (Å²) in [7, 11) is 0. The van der Waals surface area contributed by atoms with Crippen LogP contribution in [0.2, 0.25) is 0 Å². The van der Waals surface area contributed by atoms with Crippen molar-refractivity contribution in [2.45, 2.75) is 65.2 Å². The third-order valence-corrected chi connectivity index (χ3v) is 6.86. The summed E-state index contributed by atoms with van der Waals surface area (Å²) >= 11 is 0. The maximum atomic E-state index is 12.7. The van der Waals surface area contributed by atoms with Crippen molar-refractivity contribution in [3.8, 4) is 0 Å². The first-order chi connectivity index (χ1) is 12.9. The molecule has 3 heteroatoms. The van der Waals surface area contributed by atoms with Gasteiger partial charge in [-0.2, -0.15) is 0 Å². The zero-order valence-corrected chi connectivity index (χ0v) is 17.8. The molecule has 0 saturated carbocycles. The fourth-order valence-electron chi connectivity index (χ4n) is 4.68. The van der Waals surface area contributed by atoms with Gasteiger partial charge in [0.25, 0.3) is 0 Å². The molecule has 3 rings (SSSR count). The van der Waals surface area contributed by atoms with Gasteiger partial charge < -0.3 is 4.90 Å². The van der Waals surface area contributed by atoms with Gasteiger partial charge in [0.05, 0.1) is 6.54 Å². The summed E-state index contributed by atoms with van der Waals surface area (Å²) in [6.45, 7) is 13.8. The summed E-state index contributed by atoms with van der Waals surface area (Å²) in [6, 6.07) is 9.16. The van der Waals surface area contributed by atoms with Crippen LogP contribution >= 0.6 is 0 Å². The third-order valence-electron chi connectivity index (χ3n) is 6.86. The molecule has 0 N–H and O–H groups in total. The zero-order valence-electron chi connectivity index (χ0n) is 17.8. The largest absolute Gasteiger partial charge is 0.342 e. The fraction of sp³-hybridized carbons (Fsp3) is 0.708. The van der Waals surface area contributed by atoms with Gasteiger partial charge in [-0.05, 0) is 73.6 Å². The maximum absolute atomic E-state index is 12.7. The van der Waals surface area contributed by atoms with Crippen molar-refractivity contribution in [1.29, 1.82) is 0 Å². The first-order valence-corrected chi connectivity index (χ1v) is 11.0. The molecule has 27 heavy (non-hydrogen) atoms. The second-order valence-electron chi connectivity index (χ2n) is 9.33. The number of hydrogen-bond donors (Lipinski definition) is 0. The molecule has 0 unspecified atom stereocenters. The number of nitrogens with zero attached hydrogens (tertiary/aromatic N) is 2. The topological polar surface area (TPSA) is 23.6 Å². The molecule has 0 radical (unpaired) electrons. The monoisotopic (exact) mass is 370 g/mol. The minimum atomic E-state index is 0.339. The summed E-state index contributed by atoms with van der Waals surface area (Å²) in [5.74, 6) is 3.15. The molecule has 1 aromatic rings. The molecular weight excluding hydrogens is 332 g/mol. The van der Waals surface area contributed by atoms with Gasteiger partial charge in [0.2, 0.25) is 5.91 Å². The Labute approximate surface area is 166 Å². The Bertz CT molecular complexity index is 591. The van der Waals surface area contributed by atoms with Crippen molar-refractivity contribution in [1.82, 2.24) is 9.80 Å². The molecule has 0 atom stereocenters. The van der Waals surface area contributed by atoms with E-state index in [-0.39, 0.29) is 0 Å². The van der Waals surface area contributed by atoms with Crippen LogP contribution < -0.4 is 0 Å². The lowest BCUT2D eigenvalue weighted by Crippen LogP contribution is -2.46. The molecule has 2 aliphatic heterocycles.